The van der Waals surface area contributed by atoms with Crippen LogP contribution in [-0.4, -0.2) is 44.8 Å². The fourth-order valence-electron chi connectivity index (χ4n) is 5.32. The Morgan fingerprint density at radius 1 is 1.02 bits per heavy atom. The molecule has 0 radical (unpaired) electrons. The molecule has 48 heavy (non-hydrogen) atoms. The van der Waals surface area contributed by atoms with Crippen LogP contribution in [0.3, 0.4) is 0 Å². The number of carboxylic acid groups (broad SMARTS) is 1. The van der Waals surface area contributed by atoms with Crippen LogP contribution in [0.1, 0.15) is 46.1 Å². The van der Waals surface area contributed by atoms with Gasteiger partial charge in [0.2, 0.25) is 0 Å². The van der Waals surface area contributed by atoms with Gasteiger partial charge in [-0.1, -0.05) is 19.1 Å². The molecule has 0 fully saturated rings. The molecule has 0 saturated carbocycles. The van der Waals surface area contributed by atoms with Crippen molar-refractivity contribution in [3.8, 4) is 11.1 Å². The van der Waals surface area contributed by atoms with Crippen molar-refractivity contribution in [1.29, 1.82) is 0 Å². The average Bonchev–Trinajstić information content (AvgIpc) is 2.97. The fourth-order valence-corrected chi connectivity index (χ4v) is 5.32. The second kappa shape index (κ2) is 13.2. The lowest BCUT2D eigenvalue weighted by molar-refractivity contribution is -0.143. The monoisotopic (exact) mass is 684 g/mol. The highest BCUT2D eigenvalue weighted by Crippen LogP contribution is 2.39. The number of nitrogens with zero attached hydrogens (tertiary/aromatic N) is 2. The Bertz CT molecular complexity index is 1950. The molecule has 2 aromatic heterocycles. The van der Waals surface area contributed by atoms with Crippen molar-refractivity contribution in [3.63, 3.8) is 0 Å². The predicted octanol–water partition coefficient (Wildman–Crippen LogP) is 6.69. The molecule has 0 bridgehead atoms. The molecule has 4 rings (SSSR count). The van der Waals surface area contributed by atoms with E-state index in [9.17, 15) is 50.2 Å². The zero-order chi connectivity index (χ0) is 35.9. The number of pyridine rings is 2. The Morgan fingerprint density at radius 2 is 1.69 bits per heavy atom. The number of carbonyl (C=O) groups excluding carboxylic acids is 1. The third-order valence-corrected chi connectivity index (χ3v) is 7.84. The number of aromatic nitrogens is 2. The summed E-state index contributed by atoms with van der Waals surface area (Å²) >= 11 is 0. The molecule has 3 N–H and O–H groups in total. The molecule has 0 unspecified atom stereocenters. The molecule has 2 aromatic carbocycles. The third kappa shape index (κ3) is 7.26. The van der Waals surface area contributed by atoms with Gasteiger partial charge in [0.1, 0.15) is 23.7 Å². The largest absolute Gasteiger partial charge is 0.480 e. The summed E-state index contributed by atoms with van der Waals surface area (Å²) in [5.74, 6) is -5.02. The maximum absolute atomic E-state index is 15.1. The van der Waals surface area contributed by atoms with Crippen LogP contribution in [0.5, 0.6) is 0 Å². The molecule has 256 valence electrons. The summed E-state index contributed by atoms with van der Waals surface area (Å²) in [5.41, 5.74) is -4.61. The maximum atomic E-state index is 15.1. The first kappa shape index (κ1) is 35.8. The van der Waals surface area contributed by atoms with Gasteiger partial charge >= 0.3 is 18.3 Å². The molecule has 16 heteroatoms. The lowest BCUT2D eigenvalue weighted by Crippen LogP contribution is -2.43. The molecule has 0 aliphatic rings. The van der Waals surface area contributed by atoms with E-state index in [4.69, 9.17) is 0 Å². The molecular weight excluding hydrogens is 656 g/mol. The van der Waals surface area contributed by atoms with E-state index >= 15 is 4.39 Å². The molecule has 2 atom stereocenters. The van der Waals surface area contributed by atoms with Crippen LogP contribution in [0.2, 0.25) is 0 Å². The number of nitrogens with one attached hydrogen (secondary N) is 2. The zero-order valence-electron chi connectivity index (χ0n) is 25.7. The van der Waals surface area contributed by atoms with Crippen LogP contribution >= 0.6 is 0 Å². The molecule has 0 saturated heterocycles. The number of anilines is 1. The topological polar surface area (TPSA) is 113 Å². The minimum absolute atomic E-state index is 0.000411. The SMILES string of the molecule is CC[C@@H](Nc1cc(C)c(C(=O)N[C@@H](Cc2ccc(-c3c(C(F)(F)F)cc(C)n(C)c3=O)c3ncc(F)cc23)C(=O)O)c(F)c1)C(F)(F)F. The number of alkyl halides is 6. The first-order chi connectivity index (χ1) is 22.2. The standard InChI is InChI=1S/C32H28F8N4O4/c1-5-24(32(38,39)40)42-18-8-14(2)25(22(34)12-18)28(45)43-23(30(47)48)10-16-6-7-19(27-20(16)11-17(33)13-41-27)26-21(31(35,36)37)9-15(3)44(4)29(26)46/h6-9,11-13,23-24,42H,5,10H2,1-4H3,(H,43,45)(H,47,48)/t23-,24+/m0/s1. The van der Waals surface area contributed by atoms with Crippen LogP contribution in [0.15, 0.2) is 47.4 Å². The van der Waals surface area contributed by atoms with Crippen molar-refractivity contribution in [2.45, 2.75) is 58.0 Å². The minimum atomic E-state index is -4.96. The van der Waals surface area contributed by atoms with Crippen LogP contribution in [0.4, 0.5) is 40.8 Å². The van der Waals surface area contributed by atoms with Gasteiger partial charge in [-0.2, -0.15) is 26.3 Å². The molecule has 0 aliphatic heterocycles. The summed E-state index contributed by atoms with van der Waals surface area (Å²) in [6, 6.07) is 1.87. The van der Waals surface area contributed by atoms with E-state index in [-0.39, 0.29) is 45.4 Å². The van der Waals surface area contributed by atoms with Crippen molar-refractivity contribution in [2.75, 3.05) is 5.32 Å². The normalized spacial score (nSPS) is 13.3. The summed E-state index contributed by atoms with van der Waals surface area (Å²) < 4.78 is 112. The highest BCUT2D eigenvalue weighted by atomic mass is 19.4. The summed E-state index contributed by atoms with van der Waals surface area (Å²) in [7, 11) is 1.27. The first-order valence-electron chi connectivity index (χ1n) is 14.3. The quantitative estimate of drug-likeness (QED) is 0.169. The first-order valence-corrected chi connectivity index (χ1v) is 14.3. The number of hydrogen-bond acceptors (Lipinski definition) is 5. The molecule has 1 amide bonds. The molecular formula is C32H28F8N4O4. The van der Waals surface area contributed by atoms with Gasteiger partial charge in [-0.25, -0.2) is 13.6 Å². The Hall–Kier alpha value is -5.02. The number of fused-ring (bicyclic) bond motifs is 1. The predicted molar refractivity (Wildman–Crippen MR) is 160 cm³/mol. The van der Waals surface area contributed by atoms with E-state index in [1.807, 2.05) is 0 Å². The van der Waals surface area contributed by atoms with E-state index in [2.05, 4.69) is 15.6 Å². The van der Waals surface area contributed by atoms with Crippen molar-refractivity contribution in [2.24, 2.45) is 7.05 Å². The fraction of sp³-hybridized carbons (Fsp3) is 0.312. The van der Waals surface area contributed by atoms with Crippen molar-refractivity contribution < 1.29 is 49.8 Å². The highest BCUT2D eigenvalue weighted by molar-refractivity contribution is 5.99. The smallest absolute Gasteiger partial charge is 0.417 e. The van der Waals surface area contributed by atoms with Crippen LogP contribution in [-0.2, 0) is 24.4 Å². The van der Waals surface area contributed by atoms with E-state index < -0.39 is 76.6 Å². The second-order valence-corrected chi connectivity index (χ2v) is 11.1. The van der Waals surface area contributed by atoms with Gasteiger partial charge in [-0.05, 0) is 55.7 Å². The van der Waals surface area contributed by atoms with Crippen LogP contribution in [0, 0.1) is 25.5 Å². The minimum Gasteiger partial charge on any atom is -0.480 e. The van der Waals surface area contributed by atoms with E-state index in [0.717, 1.165) is 34.9 Å². The van der Waals surface area contributed by atoms with Gasteiger partial charge in [-0.3, -0.25) is 14.6 Å². The van der Waals surface area contributed by atoms with Crippen molar-refractivity contribution in [3.05, 3.63) is 92.5 Å². The molecule has 4 aromatic rings. The van der Waals surface area contributed by atoms with Gasteiger partial charge in [0, 0.05) is 35.8 Å². The summed E-state index contributed by atoms with van der Waals surface area (Å²) in [6.45, 7) is 3.81. The lowest BCUT2D eigenvalue weighted by atomic mass is 9.93. The number of aryl methyl sites for hydroxylation is 2. The number of carbonyl (C=O) groups is 2. The lowest BCUT2D eigenvalue weighted by Gasteiger charge is -2.22. The average molecular weight is 685 g/mol. The second-order valence-electron chi connectivity index (χ2n) is 11.1. The Labute approximate surface area is 267 Å². The Morgan fingerprint density at radius 3 is 2.25 bits per heavy atom. The molecule has 2 heterocycles. The number of aliphatic carboxylic acids is 1. The maximum Gasteiger partial charge on any atom is 0.417 e. The van der Waals surface area contributed by atoms with Gasteiger partial charge in [0.25, 0.3) is 11.5 Å². The molecule has 0 spiro atoms. The highest BCUT2D eigenvalue weighted by Gasteiger charge is 2.39. The van der Waals surface area contributed by atoms with E-state index in [1.165, 1.54) is 27.8 Å². The summed E-state index contributed by atoms with van der Waals surface area (Å²) in [4.78, 5) is 42.3. The van der Waals surface area contributed by atoms with Crippen molar-refractivity contribution in [1.82, 2.24) is 14.9 Å². The zero-order valence-corrected chi connectivity index (χ0v) is 25.7. The number of benzene rings is 2. The van der Waals surface area contributed by atoms with Gasteiger partial charge in [0.05, 0.1) is 28.4 Å². The van der Waals surface area contributed by atoms with E-state index in [0.29, 0.717) is 12.3 Å². The summed E-state index contributed by atoms with van der Waals surface area (Å²) in [5, 5.41) is 14.1. The number of halogens is 8. The number of carboxylic acids is 1. The molecule has 0 aliphatic carbocycles. The van der Waals surface area contributed by atoms with Gasteiger partial charge in [0.15, 0.2) is 0 Å². The third-order valence-electron chi connectivity index (χ3n) is 7.84. The summed E-state index contributed by atoms with van der Waals surface area (Å²) in [6.07, 6.45) is -9.85. The van der Waals surface area contributed by atoms with Gasteiger partial charge < -0.3 is 20.3 Å². The number of hydrogen-bond donors (Lipinski definition) is 3. The molecule has 8 nitrogen and oxygen atoms in total. The van der Waals surface area contributed by atoms with Crippen LogP contribution < -0.4 is 16.2 Å². The van der Waals surface area contributed by atoms with Crippen LogP contribution in [0.25, 0.3) is 22.0 Å². The Kier molecular flexibility index (Phi) is 9.88. The van der Waals surface area contributed by atoms with E-state index in [1.54, 1.807) is 0 Å². The van der Waals surface area contributed by atoms with Gasteiger partial charge in [-0.15, -0.1) is 0 Å². The van der Waals surface area contributed by atoms with Crippen molar-refractivity contribution >= 4 is 28.5 Å². The number of amides is 1. The Balaban J connectivity index is 1.73. The number of rotatable bonds is 9.